The average molecular weight is 346 g/mol. The van der Waals surface area contributed by atoms with Gasteiger partial charge in [-0.25, -0.2) is 9.59 Å². The lowest BCUT2D eigenvalue weighted by Gasteiger charge is -2.28. The predicted molar refractivity (Wildman–Crippen MR) is 89.1 cm³/mol. The topological polar surface area (TPSA) is 93.1 Å². The number of hydrogen-bond acceptors (Lipinski definition) is 6. The van der Waals surface area contributed by atoms with Crippen LogP contribution in [0.3, 0.4) is 0 Å². The number of carbonyl (C=O) groups is 2. The highest BCUT2D eigenvalue weighted by Gasteiger charge is 2.56. The van der Waals surface area contributed by atoms with E-state index in [1.165, 1.54) is 0 Å². The predicted octanol–water partition coefficient (Wildman–Crippen LogP) is 1.06. The second-order valence-corrected chi connectivity index (χ2v) is 6.95. The van der Waals surface area contributed by atoms with Crippen molar-refractivity contribution in [1.82, 2.24) is 0 Å². The fourth-order valence-corrected chi connectivity index (χ4v) is 4.16. The zero-order valence-corrected chi connectivity index (χ0v) is 13.9. The summed E-state index contributed by atoms with van der Waals surface area (Å²) in [4.78, 5) is 24.2. The van der Waals surface area contributed by atoms with Crippen LogP contribution in [0.15, 0.2) is 48.6 Å². The van der Waals surface area contributed by atoms with Crippen LogP contribution >= 0.6 is 0 Å². The molecule has 6 heteroatoms. The third-order valence-electron chi connectivity index (χ3n) is 5.51. The van der Waals surface area contributed by atoms with Crippen molar-refractivity contribution < 1.29 is 29.3 Å². The lowest BCUT2D eigenvalue weighted by Crippen LogP contribution is -2.36. The molecule has 6 atom stereocenters. The molecule has 2 saturated carbocycles. The second kappa shape index (κ2) is 6.28. The van der Waals surface area contributed by atoms with E-state index < -0.39 is 42.8 Å². The molecule has 25 heavy (non-hydrogen) atoms. The van der Waals surface area contributed by atoms with Gasteiger partial charge in [0, 0.05) is 17.9 Å². The number of ether oxygens (including phenoxy) is 2. The largest absolute Gasteiger partial charge is 0.458 e. The van der Waals surface area contributed by atoms with E-state index in [4.69, 9.17) is 14.6 Å². The highest BCUT2D eigenvalue weighted by atomic mass is 16.6. The number of hydrogen-bond donors (Lipinski definition) is 2. The summed E-state index contributed by atoms with van der Waals surface area (Å²) in [6.07, 6.45) is -1.19. The van der Waals surface area contributed by atoms with E-state index in [1.807, 2.05) is 0 Å². The quantitative estimate of drug-likeness (QED) is 0.451. The van der Waals surface area contributed by atoms with Gasteiger partial charge in [-0.05, 0) is 17.9 Å². The molecule has 0 unspecified atom stereocenters. The molecule has 3 aliphatic rings. The van der Waals surface area contributed by atoms with Crippen molar-refractivity contribution in [3.63, 3.8) is 0 Å². The van der Waals surface area contributed by atoms with Gasteiger partial charge in [0.2, 0.25) is 0 Å². The van der Waals surface area contributed by atoms with E-state index in [9.17, 15) is 14.7 Å². The minimum absolute atomic E-state index is 0.0673. The molecule has 134 valence electrons. The number of esters is 2. The van der Waals surface area contributed by atoms with Crippen LogP contribution < -0.4 is 0 Å². The van der Waals surface area contributed by atoms with Gasteiger partial charge in [0.1, 0.15) is 12.2 Å². The van der Waals surface area contributed by atoms with Crippen molar-refractivity contribution in [2.24, 2.45) is 17.8 Å². The number of rotatable bonds is 3. The van der Waals surface area contributed by atoms with E-state index >= 15 is 0 Å². The third-order valence-corrected chi connectivity index (χ3v) is 5.51. The molecule has 0 bridgehead atoms. The van der Waals surface area contributed by atoms with E-state index in [1.54, 1.807) is 0 Å². The van der Waals surface area contributed by atoms with Crippen LogP contribution in [0.1, 0.15) is 12.8 Å². The molecule has 0 radical (unpaired) electrons. The molecule has 2 aliphatic carbocycles. The van der Waals surface area contributed by atoms with E-state index in [-0.39, 0.29) is 23.0 Å². The van der Waals surface area contributed by atoms with Gasteiger partial charge in [0.05, 0.1) is 24.2 Å². The molecule has 1 heterocycles. The minimum atomic E-state index is -0.725. The molecule has 0 aromatic carbocycles. The lowest BCUT2D eigenvalue weighted by atomic mass is 9.81. The maximum atomic E-state index is 12.1. The Bertz CT molecular complexity index is 690. The van der Waals surface area contributed by atoms with Gasteiger partial charge in [-0.15, -0.1) is 0 Å². The molecule has 6 nitrogen and oxygen atoms in total. The van der Waals surface area contributed by atoms with Gasteiger partial charge in [0.15, 0.2) is 0 Å². The number of fused-ring (bicyclic) bond motifs is 3. The van der Waals surface area contributed by atoms with Crippen LogP contribution in [0.4, 0.5) is 0 Å². The first kappa shape index (κ1) is 17.6. The van der Waals surface area contributed by atoms with E-state index in [0.717, 1.165) is 5.57 Å². The first-order valence-corrected chi connectivity index (χ1v) is 8.20. The Morgan fingerprint density at radius 2 is 1.96 bits per heavy atom. The summed E-state index contributed by atoms with van der Waals surface area (Å²) in [6, 6.07) is 0. The monoisotopic (exact) mass is 346 g/mol. The van der Waals surface area contributed by atoms with Crippen molar-refractivity contribution >= 4 is 11.9 Å². The highest BCUT2D eigenvalue weighted by Crippen LogP contribution is 2.52. The first-order chi connectivity index (χ1) is 11.8. The Morgan fingerprint density at radius 1 is 1.28 bits per heavy atom. The van der Waals surface area contributed by atoms with E-state index in [2.05, 4.69) is 26.3 Å². The molecular weight excluding hydrogens is 324 g/mol. The molecule has 3 rings (SSSR count). The summed E-state index contributed by atoms with van der Waals surface area (Å²) in [5.41, 5.74) is 1.59. The Balaban J connectivity index is 1.96. The Morgan fingerprint density at radius 3 is 2.60 bits per heavy atom. The molecule has 3 fully saturated rings. The van der Waals surface area contributed by atoms with Crippen LogP contribution in [0.2, 0.25) is 0 Å². The van der Waals surface area contributed by atoms with E-state index in [0.29, 0.717) is 18.4 Å². The van der Waals surface area contributed by atoms with Gasteiger partial charge < -0.3 is 19.7 Å². The van der Waals surface area contributed by atoms with Gasteiger partial charge in [-0.2, -0.15) is 0 Å². The zero-order chi connectivity index (χ0) is 18.5. The van der Waals surface area contributed by atoms with Crippen molar-refractivity contribution in [2.45, 2.75) is 31.2 Å². The summed E-state index contributed by atoms with van der Waals surface area (Å²) in [5, 5.41) is 19.2. The maximum Gasteiger partial charge on any atom is 0.336 e. The van der Waals surface area contributed by atoms with Crippen LogP contribution in [0, 0.1) is 17.8 Å². The van der Waals surface area contributed by atoms with Crippen LogP contribution in [0.25, 0.3) is 0 Å². The smallest absolute Gasteiger partial charge is 0.336 e. The normalized spacial score (nSPS) is 37.2. The summed E-state index contributed by atoms with van der Waals surface area (Å²) in [5.74, 6) is -2.18. The Hall–Kier alpha value is -2.18. The fraction of sp³-hybridized carbons (Fsp3) is 0.474. The molecule has 0 spiro atoms. The van der Waals surface area contributed by atoms with Gasteiger partial charge in [0.25, 0.3) is 0 Å². The summed E-state index contributed by atoms with van der Waals surface area (Å²) in [6.45, 7) is 14.8. The SMILES string of the molecule is C=C(CO)C(=O)O[C@@H]1CC(=C)[C@@H]2C[C@H](O)C(=C)[C@@H]2[C@@H]2OC(=O)C(=C)[C@@H]21. The van der Waals surface area contributed by atoms with Gasteiger partial charge in [-0.1, -0.05) is 31.9 Å². The second-order valence-electron chi connectivity index (χ2n) is 6.95. The molecule has 1 saturated heterocycles. The van der Waals surface area contributed by atoms with Gasteiger partial charge in [-0.3, -0.25) is 0 Å². The lowest BCUT2D eigenvalue weighted by molar-refractivity contribution is -0.148. The van der Waals surface area contributed by atoms with Crippen LogP contribution in [-0.4, -0.2) is 47.1 Å². The van der Waals surface area contributed by atoms with Crippen molar-refractivity contribution in [3.05, 3.63) is 48.6 Å². The third kappa shape index (κ3) is 2.75. The fourth-order valence-electron chi connectivity index (χ4n) is 4.16. The molecule has 1 aliphatic heterocycles. The average Bonchev–Trinajstić information content (AvgIpc) is 2.99. The number of carbonyl (C=O) groups excluding carboxylic acids is 2. The highest BCUT2D eigenvalue weighted by molar-refractivity contribution is 5.92. The first-order valence-electron chi connectivity index (χ1n) is 8.20. The molecule has 2 N–H and O–H groups in total. The van der Waals surface area contributed by atoms with Crippen molar-refractivity contribution in [1.29, 1.82) is 0 Å². The van der Waals surface area contributed by atoms with Crippen LogP contribution in [0.5, 0.6) is 0 Å². The summed E-state index contributed by atoms with van der Waals surface area (Å²) in [7, 11) is 0. The zero-order valence-electron chi connectivity index (χ0n) is 13.9. The van der Waals surface area contributed by atoms with Crippen molar-refractivity contribution in [2.75, 3.05) is 6.61 Å². The standard InChI is InChI=1S/C19H22O6/c1-8-5-14(24-18(22)9(2)7-20)16-11(4)19(23)25-17(16)15-10(3)13(21)6-12(8)15/h12-17,20-21H,1-7H2/t12-,13-,14+,15-,16+,17-/m0/s1. The maximum absolute atomic E-state index is 12.1. The molecular formula is C19H22O6. The summed E-state index contributed by atoms with van der Waals surface area (Å²) >= 11 is 0. The summed E-state index contributed by atoms with van der Waals surface area (Å²) < 4.78 is 11.0. The Kier molecular flexibility index (Phi) is 4.43. The van der Waals surface area contributed by atoms with Crippen molar-refractivity contribution in [3.8, 4) is 0 Å². The Labute approximate surface area is 146 Å². The minimum Gasteiger partial charge on any atom is -0.458 e. The molecule has 0 aromatic rings. The number of aliphatic hydroxyl groups excluding tert-OH is 2. The molecule has 0 aromatic heterocycles. The number of aliphatic hydroxyl groups is 2. The van der Waals surface area contributed by atoms with Crippen LogP contribution in [-0.2, 0) is 19.1 Å². The molecule has 0 amide bonds. The van der Waals surface area contributed by atoms with Gasteiger partial charge >= 0.3 is 11.9 Å².